The first kappa shape index (κ1) is 12.4. The Labute approximate surface area is 108 Å². The smallest absolute Gasteiger partial charge is 0.255 e. The molecule has 0 atom stereocenters. The molecule has 0 radical (unpaired) electrons. The Morgan fingerprint density at radius 2 is 2.17 bits per heavy atom. The summed E-state index contributed by atoms with van der Waals surface area (Å²) in [7, 11) is 0. The molecule has 0 bridgehead atoms. The normalized spacial score (nSPS) is 10.2. The Morgan fingerprint density at radius 1 is 1.39 bits per heavy atom. The fraction of sp³-hybridized carbons (Fsp3) is 0.0833. The second kappa shape index (κ2) is 5.10. The predicted octanol–water partition coefficient (Wildman–Crippen LogP) is 2.83. The van der Waals surface area contributed by atoms with Gasteiger partial charge in [0.05, 0.1) is 11.9 Å². The zero-order valence-electron chi connectivity index (χ0n) is 9.45. The highest BCUT2D eigenvalue weighted by molar-refractivity contribution is 6.30. The van der Waals surface area contributed by atoms with E-state index in [1.54, 1.807) is 13.0 Å². The Morgan fingerprint density at radius 3 is 2.83 bits per heavy atom. The molecule has 2 aromatic heterocycles. The summed E-state index contributed by atoms with van der Waals surface area (Å²) < 4.78 is 12.9. The molecule has 0 saturated carbocycles. The predicted molar refractivity (Wildman–Crippen MR) is 66.1 cm³/mol. The van der Waals surface area contributed by atoms with Gasteiger partial charge in [-0.2, -0.15) is 4.39 Å². The minimum absolute atomic E-state index is 0.190. The first-order valence-electron chi connectivity index (χ1n) is 5.11. The monoisotopic (exact) mass is 265 g/mol. The molecule has 0 aliphatic carbocycles. The molecule has 92 valence electrons. The van der Waals surface area contributed by atoms with E-state index in [0.717, 1.165) is 11.6 Å². The van der Waals surface area contributed by atoms with Gasteiger partial charge in [-0.25, -0.2) is 9.97 Å². The maximum absolute atomic E-state index is 12.9. The third-order valence-corrected chi connectivity index (χ3v) is 2.66. The lowest BCUT2D eigenvalue weighted by molar-refractivity contribution is 0.102. The highest BCUT2D eigenvalue weighted by atomic mass is 35.5. The third kappa shape index (κ3) is 2.81. The van der Waals surface area contributed by atoms with E-state index in [2.05, 4.69) is 15.3 Å². The molecule has 0 fully saturated rings. The molecular weight excluding hydrogens is 257 g/mol. The van der Waals surface area contributed by atoms with Crippen LogP contribution in [0.1, 0.15) is 15.9 Å². The number of nitrogens with zero attached hydrogens (tertiary/aromatic N) is 2. The van der Waals surface area contributed by atoms with Crippen LogP contribution in [0.5, 0.6) is 0 Å². The van der Waals surface area contributed by atoms with Crippen molar-refractivity contribution in [1.29, 1.82) is 0 Å². The summed E-state index contributed by atoms with van der Waals surface area (Å²) >= 11 is 5.77. The van der Waals surface area contributed by atoms with Gasteiger partial charge in [0.1, 0.15) is 5.15 Å². The van der Waals surface area contributed by atoms with Crippen LogP contribution < -0.4 is 5.32 Å². The van der Waals surface area contributed by atoms with Crippen LogP contribution in [0.4, 0.5) is 10.1 Å². The van der Waals surface area contributed by atoms with E-state index in [0.29, 0.717) is 10.8 Å². The van der Waals surface area contributed by atoms with E-state index in [9.17, 15) is 9.18 Å². The molecule has 0 unspecified atom stereocenters. The van der Waals surface area contributed by atoms with Crippen molar-refractivity contribution < 1.29 is 9.18 Å². The van der Waals surface area contributed by atoms with Crippen molar-refractivity contribution in [2.45, 2.75) is 6.92 Å². The number of carbonyl (C=O) groups excluding carboxylic acids is 1. The van der Waals surface area contributed by atoms with Gasteiger partial charge in [-0.1, -0.05) is 11.6 Å². The summed E-state index contributed by atoms with van der Waals surface area (Å²) in [5, 5.41) is 2.98. The highest BCUT2D eigenvalue weighted by Gasteiger charge is 2.08. The summed E-state index contributed by atoms with van der Waals surface area (Å²) in [5.41, 5.74) is 1.43. The fourth-order valence-electron chi connectivity index (χ4n) is 1.37. The lowest BCUT2D eigenvalue weighted by Crippen LogP contribution is -2.12. The first-order chi connectivity index (χ1) is 8.56. The van der Waals surface area contributed by atoms with Crippen molar-refractivity contribution >= 4 is 23.2 Å². The standard InChI is InChI=1S/C12H9ClFN3O/c1-7-4-9(6-16-11(7)13)17-12(18)8-2-3-15-10(14)5-8/h2-6H,1H3,(H,17,18). The summed E-state index contributed by atoms with van der Waals surface area (Å²) in [5.74, 6) is -1.13. The maximum atomic E-state index is 12.9. The zero-order valence-corrected chi connectivity index (χ0v) is 10.2. The van der Waals surface area contributed by atoms with E-state index in [4.69, 9.17) is 11.6 Å². The second-order valence-corrected chi connectivity index (χ2v) is 4.01. The zero-order chi connectivity index (χ0) is 13.1. The summed E-state index contributed by atoms with van der Waals surface area (Å²) in [4.78, 5) is 19.1. The fourth-order valence-corrected chi connectivity index (χ4v) is 1.48. The van der Waals surface area contributed by atoms with Crippen LogP contribution in [-0.4, -0.2) is 15.9 Å². The largest absolute Gasteiger partial charge is 0.321 e. The average molecular weight is 266 g/mol. The Bertz CT molecular complexity index is 604. The number of aromatic nitrogens is 2. The summed E-state index contributed by atoms with van der Waals surface area (Å²) in [6, 6.07) is 4.17. The molecular formula is C12H9ClFN3O. The SMILES string of the molecule is Cc1cc(NC(=O)c2ccnc(F)c2)cnc1Cl. The van der Waals surface area contributed by atoms with E-state index in [1.165, 1.54) is 18.5 Å². The van der Waals surface area contributed by atoms with E-state index in [-0.39, 0.29) is 5.56 Å². The van der Waals surface area contributed by atoms with Crippen LogP contribution in [0, 0.1) is 12.9 Å². The molecule has 0 aliphatic rings. The van der Waals surface area contributed by atoms with Gasteiger partial charge in [-0.15, -0.1) is 0 Å². The van der Waals surface area contributed by atoms with E-state index in [1.807, 2.05) is 0 Å². The second-order valence-electron chi connectivity index (χ2n) is 3.65. The number of hydrogen-bond donors (Lipinski definition) is 1. The van der Waals surface area contributed by atoms with Crippen molar-refractivity contribution in [3.63, 3.8) is 0 Å². The quantitative estimate of drug-likeness (QED) is 0.850. The number of aryl methyl sites for hydroxylation is 1. The number of carbonyl (C=O) groups is 1. The third-order valence-electron chi connectivity index (χ3n) is 2.26. The number of anilines is 1. The van der Waals surface area contributed by atoms with Crippen LogP contribution in [0.25, 0.3) is 0 Å². The van der Waals surface area contributed by atoms with Gasteiger partial charge < -0.3 is 5.32 Å². The number of rotatable bonds is 2. The van der Waals surface area contributed by atoms with Crippen LogP contribution in [0.3, 0.4) is 0 Å². The van der Waals surface area contributed by atoms with Gasteiger partial charge in [0.2, 0.25) is 5.95 Å². The van der Waals surface area contributed by atoms with Crippen molar-refractivity contribution in [2.24, 2.45) is 0 Å². The van der Waals surface area contributed by atoms with Crippen LogP contribution in [-0.2, 0) is 0 Å². The van der Waals surface area contributed by atoms with E-state index >= 15 is 0 Å². The molecule has 1 N–H and O–H groups in total. The highest BCUT2D eigenvalue weighted by Crippen LogP contribution is 2.16. The molecule has 18 heavy (non-hydrogen) atoms. The molecule has 0 spiro atoms. The van der Waals surface area contributed by atoms with Crippen molar-refractivity contribution in [3.05, 3.63) is 52.8 Å². The molecule has 2 heterocycles. The average Bonchev–Trinajstić information content (AvgIpc) is 2.34. The van der Waals surface area contributed by atoms with Crippen LogP contribution in [0.2, 0.25) is 5.15 Å². The molecule has 0 saturated heterocycles. The Balaban J connectivity index is 2.18. The number of halogens is 2. The van der Waals surface area contributed by atoms with Gasteiger partial charge in [0.25, 0.3) is 5.91 Å². The molecule has 2 rings (SSSR count). The Hall–Kier alpha value is -2.01. The van der Waals surface area contributed by atoms with Crippen molar-refractivity contribution in [3.8, 4) is 0 Å². The molecule has 1 amide bonds. The van der Waals surface area contributed by atoms with Gasteiger partial charge in [-0.05, 0) is 24.6 Å². The molecule has 0 aromatic carbocycles. The number of hydrogen-bond acceptors (Lipinski definition) is 3. The lowest BCUT2D eigenvalue weighted by atomic mass is 10.2. The topological polar surface area (TPSA) is 54.9 Å². The van der Waals surface area contributed by atoms with Gasteiger partial charge in [-0.3, -0.25) is 4.79 Å². The van der Waals surface area contributed by atoms with Crippen LogP contribution in [0.15, 0.2) is 30.6 Å². The molecule has 0 aliphatic heterocycles. The van der Waals surface area contributed by atoms with Crippen molar-refractivity contribution in [1.82, 2.24) is 9.97 Å². The Kier molecular flexibility index (Phi) is 3.53. The van der Waals surface area contributed by atoms with Crippen molar-refractivity contribution in [2.75, 3.05) is 5.32 Å². The first-order valence-corrected chi connectivity index (χ1v) is 5.49. The molecule has 4 nitrogen and oxygen atoms in total. The lowest BCUT2D eigenvalue weighted by Gasteiger charge is -2.06. The van der Waals surface area contributed by atoms with Crippen LogP contribution >= 0.6 is 11.6 Å². The number of nitrogens with one attached hydrogen (secondary N) is 1. The molecule has 6 heteroatoms. The number of pyridine rings is 2. The minimum Gasteiger partial charge on any atom is -0.321 e. The van der Waals surface area contributed by atoms with Gasteiger partial charge >= 0.3 is 0 Å². The van der Waals surface area contributed by atoms with E-state index < -0.39 is 11.9 Å². The number of amides is 1. The summed E-state index contributed by atoms with van der Waals surface area (Å²) in [6.45, 7) is 1.77. The van der Waals surface area contributed by atoms with Gasteiger partial charge in [0.15, 0.2) is 0 Å². The molecule has 2 aromatic rings. The minimum atomic E-state index is -0.701. The van der Waals surface area contributed by atoms with Gasteiger partial charge in [0, 0.05) is 17.8 Å². The maximum Gasteiger partial charge on any atom is 0.255 e. The summed E-state index contributed by atoms with van der Waals surface area (Å²) in [6.07, 6.45) is 2.67.